The maximum absolute atomic E-state index is 11.3. The average Bonchev–Trinajstić information content (AvgIpc) is 2.49. The summed E-state index contributed by atoms with van der Waals surface area (Å²) in [5, 5.41) is 7.39. The highest BCUT2D eigenvalue weighted by Crippen LogP contribution is 2.11. The van der Waals surface area contributed by atoms with Crippen molar-refractivity contribution < 1.29 is 8.42 Å². The molecule has 0 aliphatic heterocycles. The van der Waals surface area contributed by atoms with E-state index >= 15 is 0 Å². The van der Waals surface area contributed by atoms with Crippen LogP contribution in [0.2, 0.25) is 0 Å². The van der Waals surface area contributed by atoms with Gasteiger partial charge in [-0.1, -0.05) is 17.4 Å². The minimum absolute atomic E-state index is 0.470. The molecule has 5 nitrogen and oxygen atoms in total. The summed E-state index contributed by atoms with van der Waals surface area (Å²) in [4.78, 5) is 0. The summed E-state index contributed by atoms with van der Waals surface area (Å²) in [5.41, 5.74) is 1.01. The van der Waals surface area contributed by atoms with Gasteiger partial charge in [-0.05, 0) is 26.0 Å². The molecule has 0 aliphatic carbocycles. The molecule has 15 heavy (non-hydrogen) atoms. The molecule has 0 aliphatic rings. The smallest absolute Gasteiger partial charge is 0.205 e. The lowest BCUT2D eigenvalue weighted by molar-refractivity contribution is 0.583. The number of hydrogen-bond donors (Lipinski definition) is 0. The van der Waals surface area contributed by atoms with E-state index in [9.17, 15) is 8.42 Å². The van der Waals surface area contributed by atoms with Crippen molar-refractivity contribution in [3.8, 4) is 0 Å². The molecule has 82 valence electrons. The summed E-state index contributed by atoms with van der Waals surface area (Å²) in [6.07, 6.45) is 7.99. The quantitative estimate of drug-likeness (QED) is 0.777. The van der Waals surface area contributed by atoms with Gasteiger partial charge in [0.1, 0.15) is 11.4 Å². The fourth-order valence-corrected chi connectivity index (χ4v) is 1.80. The molecule has 0 radical (unpaired) electrons. The summed E-state index contributed by atoms with van der Waals surface area (Å²) >= 11 is 0. The highest BCUT2D eigenvalue weighted by Gasteiger charge is 2.15. The van der Waals surface area contributed by atoms with Crippen molar-refractivity contribution in [2.24, 2.45) is 0 Å². The normalized spacial score (nSPS) is 13.0. The second-order valence-electron chi connectivity index (χ2n) is 2.97. The van der Waals surface area contributed by atoms with Crippen LogP contribution in [0.5, 0.6) is 0 Å². The van der Waals surface area contributed by atoms with Crippen LogP contribution in [-0.4, -0.2) is 29.1 Å². The first-order valence-electron chi connectivity index (χ1n) is 4.42. The van der Waals surface area contributed by atoms with Crippen LogP contribution >= 0.6 is 0 Å². The highest BCUT2D eigenvalue weighted by atomic mass is 32.2. The molecule has 0 aromatic carbocycles. The summed E-state index contributed by atoms with van der Waals surface area (Å²) in [6.45, 7) is 3.64. The SMILES string of the molecule is C/C=C\c1nnn(S(C)(=O)=O)c1/C=C\C. The zero-order valence-electron chi connectivity index (χ0n) is 8.88. The minimum Gasteiger partial charge on any atom is -0.205 e. The Morgan fingerprint density at radius 2 is 1.80 bits per heavy atom. The fourth-order valence-electron chi connectivity index (χ4n) is 1.11. The number of allylic oxidation sites excluding steroid dienone is 2. The second kappa shape index (κ2) is 4.39. The van der Waals surface area contributed by atoms with Gasteiger partial charge in [0.2, 0.25) is 0 Å². The van der Waals surface area contributed by atoms with Gasteiger partial charge in [0.25, 0.3) is 10.0 Å². The lowest BCUT2D eigenvalue weighted by Gasteiger charge is -1.98. The first-order valence-corrected chi connectivity index (χ1v) is 6.27. The van der Waals surface area contributed by atoms with E-state index in [2.05, 4.69) is 10.3 Å². The van der Waals surface area contributed by atoms with Crippen molar-refractivity contribution in [3.05, 3.63) is 23.5 Å². The Morgan fingerprint density at radius 3 is 2.27 bits per heavy atom. The Hall–Kier alpha value is -1.43. The Bertz CT molecular complexity index is 497. The van der Waals surface area contributed by atoms with Gasteiger partial charge in [-0.3, -0.25) is 0 Å². The number of aromatic nitrogens is 3. The molecule has 0 amide bonds. The lowest BCUT2D eigenvalue weighted by Crippen LogP contribution is -2.13. The predicted molar refractivity (Wildman–Crippen MR) is 59.7 cm³/mol. The standard InChI is InChI=1S/C9H13N3O2S/c1-4-6-8-9(7-5-2)12(11-10-8)15(3,13)14/h4-7H,1-3H3/b6-4-,7-5-. The Kier molecular flexibility index (Phi) is 3.41. The van der Waals surface area contributed by atoms with E-state index in [0.29, 0.717) is 11.4 Å². The predicted octanol–water partition coefficient (Wildman–Crippen LogP) is 1.15. The molecular weight excluding hydrogens is 214 g/mol. The molecule has 1 aromatic rings. The van der Waals surface area contributed by atoms with E-state index in [1.165, 1.54) is 0 Å². The van der Waals surface area contributed by atoms with Crippen molar-refractivity contribution in [1.29, 1.82) is 0 Å². The monoisotopic (exact) mass is 227 g/mol. The first-order chi connectivity index (χ1) is 7.00. The molecule has 1 rings (SSSR count). The topological polar surface area (TPSA) is 64.8 Å². The Morgan fingerprint density at radius 1 is 1.20 bits per heavy atom. The van der Waals surface area contributed by atoms with Gasteiger partial charge in [0.15, 0.2) is 0 Å². The molecule has 0 N–H and O–H groups in total. The molecule has 1 heterocycles. The van der Waals surface area contributed by atoms with Crippen molar-refractivity contribution in [2.75, 3.05) is 6.26 Å². The molecule has 0 atom stereocenters. The van der Waals surface area contributed by atoms with Gasteiger partial charge >= 0.3 is 0 Å². The lowest BCUT2D eigenvalue weighted by atomic mass is 10.3. The molecule has 0 saturated heterocycles. The molecule has 0 saturated carbocycles. The Balaban J connectivity index is 3.43. The van der Waals surface area contributed by atoms with Gasteiger partial charge in [0.05, 0.1) is 6.26 Å². The van der Waals surface area contributed by atoms with Crippen LogP contribution in [0.25, 0.3) is 12.2 Å². The first kappa shape index (κ1) is 11.6. The van der Waals surface area contributed by atoms with Gasteiger partial charge in [-0.2, -0.15) is 0 Å². The summed E-state index contributed by atoms with van der Waals surface area (Å²) in [6, 6.07) is 0. The Labute approximate surface area is 89.2 Å². The van der Waals surface area contributed by atoms with Crippen molar-refractivity contribution in [2.45, 2.75) is 13.8 Å². The maximum atomic E-state index is 11.3. The summed E-state index contributed by atoms with van der Waals surface area (Å²) in [5.74, 6) is 0. The van der Waals surface area contributed by atoms with E-state index < -0.39 is 10.0 Å². The van der Waals surface area contributed by atoms with Crippen LogP contribution in [0.4, 0.5) is 0 Å². The van der Waals surface area contributed by atoms with Crippen molar-refractivity contribution in [3.63, 3.8) is 0 Å². The zero-order valence-corrected chi connectivity index (χ0v) is 9.69. The molecule has 1 aromatic heterocycles. The third-order valence-electron chi connectivity index (χ3n) is 1.67. The van der Waals surface area contributed by atoms with E-state index in [0.717, 1.165) is 10.3 Å². The number of rotatable bonds is 3. The fraction of sp³-hybridized carbons (Fsp3) is 0.333. The molecule has 0 bridgehead atoms. The third-order valence-corrected chi connectivity index (χ3v) is 2.56. The van der Waals surface area contributed by atoms with Gasteiger partial charge < -0.3 is 0 Å². The van der Waals surface area contributed by atoms with Gasteiger partial charge in [0, 0.05) is 0 Å². The van der Waals surface area contributed by atoms with E-state index in [1.807, 2.05) is 6.92 Å². The summed E-state index contributed by atoms with van der Waals surface area (Å²) in [7, 11) is -3.40. The third kappa shape index (κ3) is 2.53. The van der Waals surface area contributed by atoms with Crippen LogP contribution in [-0.2, 0) is 10.0 Å². The molecule has 6 heteroatoms. The van der Waals surface area contributed by atoms with Crippen LogP contribution in [0.3, 0.4) is 0 Å². The highest BCUT2D eigenvalue weighted by molar-refractivity contribution is 7.89. The van der Waals surface area contributed by atoms with Crippen LogP contribution < -0.4 is 0 Å². The number of hydrogen-bond acceptors (Lipinski definition) is 4. The van der Waals surface area contributed by atoms with E-state index in [-0.39, 0.29) is 0 Å². The second-order valence-corrected chi connectivity index (χ2v) is 4.78. The largest absolute Gasteiger partial charge is 0.252 e. The minimum atomic E-state index is -3.40. The molecule has 0 spiro atoms. The van der Waals surface area contributed by atoms with Gasteiger partial charge in [-0.25, -0.2) is 8.42 Å². The van der Waals surface area contributed by atoms with Crippen molar-refractivity contribution >= 4 is 22.2 Å². The molecular formula is C9H13N3O2S. The van der Waals surface area contributed by atoms with E-state index in [4.69, 9.17) is 0 Å². The van der Waals surface area contributed by atoms with Crippen LogP contribution in [0, 0.1) is 0 Å². The molecule has 0 unspecified atom stereocenters. The van der Waals surface area contributed by atoms with Crippen LogP contribution in [0.1, 0.15) is 25.2 Å². The zero-order chi connectivity index (χ0) is 11.5. The average molecular weight is 227 g/mol. The maximum Gasteiger partial charge on any atom is 0.252 e. The van der Waals surface area contributed by atoms with E-state index in [1.54, 1.807) is 31.2 Å². The molecule has 0 fully saturated rings. The summed E-state index contributed by atoms with van der Waals surface area (Å²) < 4.78 is 23.6. The number of nitrogens with zero attached hydrogens (tertiary/aromatic N) is 3. The van der Waals surface area contributed by atoms with Crippen molar-refractivity contribution in [1.82, 2.24) is 14.4 Å². The van der Waals surface area contributed by atoms with Crippen LogP contribution in [0.15, 0.2) is 12.2 Å². The van der Waals surface area contributed by atoms with Gasteiger partial charge in [-0.15, -0.1) is 9.19 Å².